The largest absolute Gasteiger partial charge is 0.481 e. The van der Waals surface area contributed by atoms with Crippen LogP contribution in [-0.2, 0) is 4.79 Å². The Kier molecular flexibility index (Phi) is 3.40. The molecular weight excluding hydrogens is 256 g/mol. The van der Waals surface area contributed by atoms with Gasteiger partial charge in [-0.05, 0) is 17.4 Å². The van der Waals surface area contributed by atoms with Crippen molar-refractivity contribution in [1.29, 1.82) is 0 Å². The van der Waals surface area contributed by atoms with E-state index in [4.69, 9.17) is 11.6 Å². The molecule has 2 nitrogen and oxygen atoms in total. The Balaban J connectivity index is 2.62. The van der Waals surface area contributed by atoms with Crippen LogP contribution in [0.3, 0.4) is 0 Å². The number of aliphatic carboxylic acids is 1. The molecular formula is C13H13ClO2S. The van der Waals surface area contributed by atoms with E-state index in [9.17, 15) is 9.90 Å². The number of fused-ring (bicyclic) bond motifs is 1. The van der Waals surface area contributed by atoms with Gasteiger partial charge in [-0.15, -0.1) is 11.3 Å². The number of halogens is 1. The lowest BCUT2D eigenvalue weighted by atomic mass is 9.92. The van der Waals surface area contributed by atoms with Crippen LogP contribution < -0.4 is 0 Å². The number of thiophene rings is 1. The van der Waals surface area contributed by atoms with Gasteiger partial charge in [0.15, 0.2) is 0 Å². The summed E-state index contributed by atoms with van der Waals surface area (Å²) in [4.78, 5) is 12.2. The van der Waals surface area contributed by atoms with E-state index in [-0.39, 0.29) is 5.92 Å². The van der Waals surface area contributed by atoms with E-state index >= 15 is 0 Å². The van der Waals surface area contributed by atoms with Crippen LogP contribution in [-0.4, -0.2) is 11.1 Å². The third-order valence-electron chi connectivity index (χ3n) is 2.84. The van der Waals surface area contributed by atoms with E-state index in [0.29, 0.717) is 5.02 Å². The van der Waals surface area contributed by atoms with Gasteiger partial charge in [0.2, 0.25) is 0 Å². The molecule has 2 rings (SSSR count). The van der Waals surface area contributed by atoms with Gasteiger partial charge in [0, 0.05) is 20.7 Å². The quantitative estimate of drug-likeness (QED) is 0.897. The van der Waals surface area contributed by atoms with Crippen molar-refractivity contribution in [1.82, 2.24) is 0 Å². The Morgan fingerprint density at radius 3 is 2.65 bits per heavy atom. The van der Waals surface area contributed by atoms with E-state index in [1.807, 2.05) is 37.4 Å². The van der Waals surface area contributed by atoms with E-state index in [2.05, 4.69) is 0 Å². The maximum Gasteiger partial charge on any atom is 0.312 e. The first kappa shape index (κ1) is 12.4. The number of carboxylic acids is 1. The van der Waals surface area contributed by atoms with Crippen LogP contribution in [0.5, 0.6) is 0 Å². The molecule has 1 atom stereocenters. The summed E-state index contributed by atoms with van der Waals surface area (Å²) in [6.07, 6.45) is 0. The van der Waals surface area contributed by atoms with E-state index in [1.54, 1.807) is 0 Å². The molecule has 1 unspecified atom stereocenters. The lowest BCUT2D eigenvalue weighted by Crippen LogP contribution is -2.16. The molecule has 0 bridgehead atoms. The molecule has 1 N–H and O–H groups in total. The molecule has 1 heterocycles. The number of hydrogen-bond donors (Lipinski definition) is 1. The highest BCUT2D eigenvalue weighted by molar-refractivity contribution is 7.12. The standard InChI is InChI=1S/C13H13ClO2S/c1-7(2)11(13(15)16)12-8-4-3-5-10(14)9(8)6-17-12/h3-7,11H,1-2H3,(H,15,16). The third kappa shape index (κ3) is 2.17. The van der Waals surface area contributed by atoms with Crippen molar-refractivity contribution in [3.8, 4) is 0 Å². The predicted molar refractivity (Wildman–Crippen MR) is 72.0 cm³/mol. The SMILES string of the molecule is CC(C)C(C(=O)O)c1scc2c(Cl)cccc12. The van der Waals surface area contributed by atoms with Gasteiger partial charge in [0.25, 0.3) is 0 Å². The smallest absolute Gasteiger partial charge is 0.312 e. The fourth-order valence-electron chi connectivity index (χ4n) is 2.00. The normalized spacial score (nSPS) is 13.2. The van der Waals surface area contributed by atoms with Crippen molar-refractivity contribution in [2.45, 2.75) is 19.8 Å². The Morgan fingerprint density at radius 1 is 1.35 bits per heavy atom. The summed E-state index contributed by atoms with van der Waals surface area (Å²) in [6.45, 7) is 3.85. The van der Waals surface area contributed by atoms with E-state index in [1.165, 1.54) is 11.3 Å². The molecule has 1 aromatic carbocycles. The summed E-state index contributed by atoms with van der Waals surface area (Å²) in [6, 6.07) is 5.62. The number of benzene rings is 1. The molecule has 4 heteroatoms. The van der Waals surface area contributed by atoms with Crippen LogP contribution in [0.1, 0.15) is 24.6 Å². The van der Waals surface area contributed by atoms with Gasteiger partial charge in [-0.1, -0.05) is 37.6 Å². The van der Waals surface area contributed by atoms with Gasteiger partial charge in [0.05, 0.1) is 5.92 Å². The summed E-state index contributed by atoms with van der Waals surface area (Å²) >= 11 is 7.57. The number of rotatable bonds is 3. The van der Waals surface area contributed by atoms with Gasteiger partial charge < -0.3 is 5.11 Å². The van der Waals surface area contributed by atoms with Crippen LogP contribution in [0, 0.1) is 5.92 Å². The second-order valence-electron chi connectivity index (χ2n) is 4.36. The first-order chi connectivity index (χ1) is 8.02. The Morgan fingerprint density at radius 2 is 2.06 bits per heavy atom. The zero-order chi connectivity index (χ0) is 12.6. The monoisotopic (exact) mass is 268 g/mol. The van der Waals surface area contributed by atoms with Crippen LogP contribution in [0.4, 0.5) is 0 Å². The molecule has 0 aliphatic rings. The van der Waals surface area contributed by atoms with Gasteiger partial charge >= 0.3 is 5.97 Å². The lowest BCUT2D eigenvalue weighted by Gasteiger charge is -2.15. The number of carbonyl (C=O) groups is 1. The Labute approximate surface area is 109 Å². The second kappa shape index (κ2) is 4.67. The molecule has 0 radical (unpaired) electrons. The molecule has 1 aromatic heterocycles. The van der Waals surface area contributed by atoms with Gasteiger partial charge in [0.1, 0.15) is 0 Å². The molecule has 0 aliphatic heterocycles. The summed E-state index contributed by atoms with van der Waals surface area (Å²) in [7, 11) is 0. The summed E-state index contributed by atoms with van der Waals surface area (Å²) in [5.74, 6) is -1.17. The molecule has 0 aliphatic carbocycles. The van der Waals surface area contributed by atoms with Crippen molar-refractivity contribution in [3.05, 3.63) is 33.5 Å². The topological polar surface area (TPSA) is 37.3 Å². The third-order valence-corrected chi connectivity index (χ3v) is 4.25. The predicted octanol–water partition coefficient (Wildman–Crippen LogP) is 4.38. The van der Waals surface area contributed by atoms with Crippen LogP contribution in [0.15, 0.2) is 23.6 Å². The first-order valence-electron chi connectivity index (χ1n) is 5.40. The average Bonchev–Trinajstić information content (AvgIpc) is 2.63. The first-order valence-corrected chi connectivity index (χ1v) is 6.66. The molecule has 0 fully saturated rings. The van der Waals surface area contributed by atoms with Gasteiger partial charge in [-0.25, -0.2) is 0 Å². The van der Waals surface area contributed by atoms with Crippen molar-refractivity contribution >= 4 is 39.7 Å². The summed E-state index contributed by atoms with van der Waals surface area (Å²) in [5, 5.41) is 13.8. The number of hydrogen-bond acceptors (Lipinski definition) is 2. The molecule has 0 amide bonds. The van der Waals surface area contributed by atoms with Crippen LogP contribution in [0.25, 0.3) is 10.8 Å². The minimum absolute atomic E-state index is 0.0633. The van der Waals surface area contributed by atoms with Crippen LogP contribution >= 0.6 is 22.9 Å². The van der Waals surface area contributed by atoms with Crippen LogP contribution in [0.2, 0.25) is 5.02 Å². The second-order valence-corrected chi connectivity index (χ2v) is 5.68. The van der Waals surface area contributed by atoms with E-state index < -0.39 is 11.9 Å². The van der Waals surface area contributed by atoms with E-state index in [0.717, 1.165) is 15.6 Å². The Bertz CT molecular complexity index is 560. The molecule has 0 spiro atoms. The zero-order valence-electron chi connectivity index (χ0n) is 9.61. The fourth-order valence-corrected chi connectivity index (χ4v) is 3.62. The maximum atomic E-state index is 11.3. The van der Waals surface area contributed by atoms with Crippen molar-refractivity contribution in [3.63, 3.8) is 0 Å². The molecule has 90 valence electrons. The average molecular weight is 269 g/mol. The zero-order valence-corrected chi connectivity index (χ0v) is 11.2. The molecule has 2 aromatic rings. The lowest BCUT2D eigenvalue weighted by molar-refractivity contribution is -0.139. The summed E-state index contributed by atoms with van der Waals surface area (Å²) < 4.78 is 0. The highest BCUT2D eigenvalue weighted by atomic mass is 35.5. The minimum Gasteiger partial charge on any atom is -0.481 e. The number of carboxylic acid groups (broad SMARTS) is 1. The molecule has 0 saturated heterocycles. The minimum atomic E-state index is -0.774. The molecule has 17 heavy (non-hydrogen) atoms. The van der Waals surface area contributed by atoms with Gasteiger partial charge in [-0.2, -0.15) is 0 Å². The fraction of sp³-hybridized carbons (Fsp3) is 0.308. The van der Waals surface area contributed by atoms with Crippen molar-refractivity contribution in [2.75, 3.05) is 0 Å². The van der Waals surface area contributed by atoms with Gasteiger partial charge in [-0.3, -0.25) is 4.79 Å². The van der Waals surface area contributed by atoms with Crippen molar-refractivity contribution in [2.24, 2.45) is 5.92 Å². The molecule has 0 saturated carbocycles. The summed E-state index contributed by atoms with van der Waals surface area (Å²) in [5.41, 5.74) is 0. The Hall–Kier alpha value is -1.06. The highest BCUT2D eigenvalue weighted by Gasteiger charge is 2.27. The maximum absolute atomic E-state index is 11.3. The van der Waals surface area contributed by atoms with Crippen molar-refractivity contribution < 1.29 is 9.90 Å². The highest BCUT2D eigenvalue weighted by Crippen LogP contribution is 2.38.